The number of nitrogens with one attached hydrogen (secondary N) is 1. The maximum Gasteiger partial charge on any atom is 0.255 e. The van der Waals surface area contributed by atoms with E-state index in [1.165, 1.54) is 12.1 Å². The van der Waals surface area contributed by atoms with Crippen molar-refractivity contribution >= 4 is 11.6 Å². The first-order chi connectivity index (χ1) is 8.66. The molecule has 0 bridgehead atoms. The number of carbonyl (C=O) groups is 1. The number of nitrogens with two attached hydrogens (primary N) is 1. The summed E-state index contributed by atoms with van der Waals surface area (Å²) in [7, 11) is 0. The van der Waals surface area contributed by atoms with E-state index in [0.717, 1.165) is 5.56 Å². The van der Waals surface area contributed by atoms with Crippen LogP contribution in [0.15, 0.2) is 48.5 Å². The average molecular weight is 242 g/mol. The van der Waals surface area contributed by atoms with Gasteiger partial charge in [0.15, 0.2) is 0 Å². The van der Waals surface area contributed by atoms with Gasteiger partial charge in [-0.2, -0.15) is 0 Å². The molecule has 0 spiro atoms. The molecule has 0 radical (unpaired) electrons. The van der Waals surface area contributed by atoms with Crippen molar-refractivity contribution in [3.63, 3.8) is 0 Å². The van der Waals surface area contributed by atoms with Gasteiger partial charge in [0.2, 0.25) is 0 Å². The highest BCUT2D eigenvalue weighted by Crippen LogP contribution is 2.19. The van der Waals surface area contributed by atoms with Crippen molar-refractivity contribution in [2.24, 2.45) is 0 Å². The van der Waals surface area contributed by atoms with Gasteiger partial charge in [-0.3, -0.25) is 4.79 Å². The van der Waals surface area contributed by atoms with Crippen LogP contribution in [0.3, 0.4) is 0 Å². The molecule has 0 atom stereocenters. The van der Waals surface area contributed by atoms with Gasteiger partial charge in [-0.1, -0.05) is 30.3 Å². The minimum absolute atomic E-state index is 0.0743. The molecule has 0 saturated carbocycles. The summed E-state index contributed by atoms with van der Waals surface area (Å²) >= 11 is 0. The Balaban J connectivity index is 2.06. The average Bonchev–Trinajstić information content (AvgIpc) is 2.40. The molecule has 2 rings (SSSR count). The molecule has 0 heterocycles. The lowest BCUT2D eigenvalue weighted by molar-refractivity contribution is 0.0948. The Bertz CT molecular complexity index is 553. The number of hydrogen-bond acceptors (Lipinski definition) is 3. The third-order valence-electron chi connectivity index (χ3n) is 2.56. The molecule has 0 unspecified atom stereocenters. The number of anilines is 1. The van der Waals surface area contributed by atoms with E-state index in [0.29, 0.717) is 12.2 Å². The predicted molar refractivity (Wildman–Crippen MR) is 70.1 cm³/mol. The van der Waals surface area contributed by atoms with E-state index < -0.39 is 0 Å². The van der Waals surface area contributed by atoms with E-state index in [2.05, 4.69) is 5.32 Å². The van der Waals surface area contributed by atoms with Crippen molar-refractivity contribution < 1.29 is 9.90 Å². The molecular weight excluding hydrogens is 228 g/mol. The number of carbonyl (C=O) groups excluding carboxylic acids is 1. The van der Waals surface area contributed by atoms with Crippen LogP contribution < -0.4 is 11.1 Å². The summed E-state index contributed by atoms with van der Waals surface area (Å²) in [5, 5.41) is 12.3. The van der Waals surface area contributed by atoms with Gasteiger partial charge in [-0.15, -0.1) is 0 Å². The van der Waals surface area contributed by atoms with Crippen LogP contribution >= 0.6 is 0 Å². The maximum atomic E-state index is 11.9. The largest absolute Gasteiger partial charge is 0.507 e. The van der Waals surface area contributed by atoms with E-state index in [4.69, 9.17) is 5.73 Å². The zero-order valence-electron chi connectivity index (χ0n) is 9.76. The minimum atomic E-state index is -0.344. The van der Waals surface area contributed by atoms with Crippen LogP contribution in [-0.4, -0.2) is 11.0 Å². The van der Waals surface area contributed by atoms with Gasteiger partial charge in [0.05, 0.1) is 5.56 Å². The number of nitrogen functional groups attached to an aromatic ring is 1. The molecule has 92 valence electrons. The minimum Gasteiger partial charge on any atom is -0.507 e. The second kappa shape index (κ2) is 5.23. The molecule has 2 aromatic carbocycles. The number of rotatable bonds is 3. The molecule has 0 fully saturated rings. The van der Waals surface area contributed by atoms with Crippen molar-refractivity contribution in [1.82, 2.24) is 5.32 Å². The Labute approximate surface area is 105 Å². The molecule has 0 aliphatic carbocycles. The highest BCUT2D eigenvalue weighted by molar-refractivity contribution is 5.97. The lowest BCUT2D eigenvalue weighted by Crippen LogP contribution is -2.22. The SMILES string of the molecule is Nc1ccc(O)c(C(=O)NCc2ccccc2)c1. The van der Waals surface area contributed by atoms with Crippen LogP contribution in [0.5, 0.6) is 5.75 Å². The van der Waals surface area contributed by atoms with Gasteiger partial charge in [-0.05, 0) is 23.8 Å². The van der Waals surface area contributed by atoms with Gasteiger partial charge in [0.25, 0.3) is 5.91 Å². The van der Waals surface area contributed by atoms with Crippen molar-refractivity contribution in [3.8, 4) is 5.75 Å². The zero-order valence-corrected chi connectivity index (χ0v) is 9.76. The van der Waals surface area contributed by atoms with E-state index in [1.807, 2.05) is 30.3 Å². The van der Waals surface area contributed by atoms with Crippen LogP contribution in [0.1, 0.15) is 15.9 Å². The Morgan fingerprint density at radius 3 is 2.61 bits per heavy atom. The molecule has 0 aliphatic rings. The van der Waals surface area contributed by atoms with Gasteiger partial charge >= 0.3 is 0 Å². The molecule has 0 aliphatic heterocycles. The Hall–Kier alpha value is -2.49. The zero-order chi connectivity index (χ0) is 13.0. The first-order valence-electron chi connectivity index (χ1n) is 5.57. The van der Waals surface area contributed by atoms with Crippen LogP contribution in [0.2, 0.25) is 0 Å². The Kier molecular flexibility index (Phi) is 3.48. The van der Waals surface area contributed by atoms with Crippen LogP contribution in [-0.2, 0) is 6.54 Å². The number of hydrogen-bond donors (Lipinski definition) is 3. The van der Waals surface area contributed by atoms with E-state index >= 15 is 0 Å². The lowest BCUT2D eigenvalue weighted by atomic mass is 10.1. The monoisotopic (exact) mass is 242 g/mol. The standard InChI is InChI=1S/C14H14N2O2/c15-11-6-7-13(17)12(8-11)14(18)16-9-10-4-2-1-3-5-10/h1-8,17H,9,15H2,(H,16,18). The molecular formula is C14H14N2O2. The third-order valence-corrected chi connectivity index (χ3v) is 2.56. The number of phenolic OH excluding ortho intramolecular Hbond substituents is 1. The topological polar surface area (TPSA) is 75.3 Å². The summed E-state index contributed by atoms with van der Waals surface area (Å²) in [5.74, 6) is -0.418. The molecule has 4 N–H and O–H groups in total. The van der Waals surface area contributed by atoms with Gasteiger partial charge in [-0.25, -0.2) is 0 Å². The van der Waals surface area contributed by atoms with Crippen LogP contribution in [0.4, 0.5) is 5.69 Å². The molecule has 0 aromatic heterocycles. The normalized spacial score (nSPS) is 10.0. The van der Waals surface area contributed by atoms with E-state index in [9.17, 15) is 9.90 Å². The summed E-state index contributed by atoms with van der Waals surface area (Å²) in [4.78, 5) is 11.9. The smallest absolute Gasteiger partial charge is 0.255 e. The summed E-state index contributed by atoms with van der Waals surface area (Å²) in [5.41, 5.74) is 7.20. The van der Waals surface area contributed by atoms with Gasteiger partial charge in [0, 0.05) is 12.2 Å². The van der Waals surface area contributed by atoms with Crippen molar-refractivity contribution in [1.29, 1.82) is 0 Å². The fourth-order valence-corrected chi connectivity index (χ4v) is 1.61. The van der Waals surface area contributed by atoms with E-state index in [1.54, 1.807) is 6.07 Å². The quantitative estimate of drug-likeness (QED) is 0.568. The van der Waals surface area contributed by atoms with Crippen LogP contribution in [0.25, 0.3) is 0 Å². The highest BCUT2D eigenvalue weighted by Gasteiger charge is 2.10. The van der Waals surface area contributed by atoms with Crippen molar-refractivity contribution in [3.05, 3.63) is 59.7 Å². The molecule has 1 amide bonds. The Morgan fingerprint density at radius 2 is 1.89 bits per heavy atom. The summed E-state index contributed by atoms with van der Waals surface area (Å²) in [6.07, 6.45) is 0. The van der Waals surface area contributed by atoms with Crippen LogP contribution in [0, 0.1) is 0 Å². The lowest BCUT2D eigenvalue weighted by Gasteiger charge is -2.07. The second-order valence-electron chi connectivity index (χ2n) is 3.94. The summed E-state index contributed by atoms with van der Waals surface area (Å²) in [6.45, 7) is 0.411. The van der Waals surface area contributed by atoms with Crippen molar-refractivity contribution in [2.75, 3.05) is 5.73 Å². The fraction of sp³-hybridized carbons (Fsp3) is 0.0714. The second-order valence-corrected chi connectivity index (χ2v) is 3.94. The maximum absolute atomic E-state index is 11.9. The molecule has 4 heteroatoms. The van der Waals surface area contributed by atoms with Gasteiger partial charge < -0.3 is 16.2 Å². The van der Waals surface area contributed by atoms with E-state index in [-0.39, 0.29) is 17.2 Å². The first-order valence-corrected chi connectivity index (χ1v) is 5.57. The number of amides is 1. The van der Waals surface area contributed by atoms with Gasteiger partial charge in [0.1, 0.15) is 5.75 Å². The first kappa shape index (κ1) is 12.0. The predicted octanol–water partition coefficient (Wildman–Crippen LogP) is 1.90. The Morgan fingerprint density at radius 1 is 1.17 bits per heavy atom. The van der Waals surface area contributed by atoms with Crippen molar-refractivity contribution in [2.45, 2.75) is 6.54 Å². The number of aromatic hydroxyl groups is 1. The molecule has 2 aromatic rings. The number of phenols is 1. The summed E-state index contributed by atoms with van der Waals surface area (Å²) < 4.78 is 0. The number of benzene rings is 2. The molecule has 0 saturated heterocycles. The molecule has 18 heavy (non-hydrogen) atoms. The highest BCUT2D eigenvalue weighted by atomic mass is 16.3. The third kappa shape index (κ3) is 2.79. The fourth-order valence-electron chi connectivity index (χ4n) is 1.61. The summed E-state index contributed by atoms with van der Waals surface area (Å²) in [6, 6.07) is 14.0. The molecule has 4 nitrogen and oxygen atoms in total.